The summed E-state index contributed by atoms with van der Waals surface area (Å²) in [6.45, 7) is 1.86. The van der Waals surface area contributed by atoms with Crippen molar-refractivity contribution in [3.05, 3.63) is 51.6 Å². The zero-order chi connectivity index (χ0) is 17.6. The number of rotatable bonds is 7. The summed E-state index contributed by atoms with van der Waals surface area (Å²) in [5.74, 6) is -0.667. The summed E-state index contributed by atoms with van der Waals surface area (Å²) in [7, 11) is 0. The molecule has 0 amide bonds. The lowest BCUT2D eigenvalue weighted by Gasteiger charge is -2.04. The molecule has 0 spiro atoms. The average molecular weight is 377 g/mol. The van der Waals surface area contributed by atoms with Crippen molar-refractivity contribution in [2.75, 3.05) is 6.61 Å². The van der Waals surface area contributed by atoms with Gasteiger partial charge in [-0.2, -0.15) is 11.3 Å². The Morgan fingerprint density at radius 3 is 2.88 bits per heavy atom. The molecule has 0 unspecified atom stereocenters. The smallest absolute Gasteiger partial charge is 0.341 e. The van der Waals surface area contributed by atoms with Gasteiger partial charge in [-0.1, -0.05) is 0 Å². The van der Waals surface area contributed by atoms with Crippen molar-refractivity contribution in [1.82, 2.24) is 4.98 Å². The molecule has 3 rings (SSSR count). The van der Waals surface area contributed by atoms with Crippen LogP contribution in [0.3, 0.4) is 0 Å². The lowest BCUT2D eigenvalue weighted by atomic mass is 10.2. The fourth-order valence-corrected chi connectivity index (χ4v) is 3.63. The molecule has 0 atom stereocenters. The van der Waals surface area contributed by atoms with Gasteiger partial charge in [0, 0.05) is 16.3 Å². The fraction of sp³-hybridized carbons (Fsp3) is 0.235. The van der Waals surface area contributed by atoms with E-state index in [1.807, 2.05) is 22.2 Å². The first kappa shape index (κ1) is 17.4. The first-order valence-corrected chi connectivity index (χ1v) is 9.35. The van der Waals surface area contributed by atoms with E-state index in [0.29, 0.717) is 5.69 Å². The van der Waals surface area contributed by atoms with E-state index in [9.17, 15) is 9.59 Å². The summed E-state index contributed by atoms with van der Waals surface area (Å²) in [4.78, 5) is 28.2. The van der Waals surface area contributed by atoms with Gasteiger partial charge in [-0.15, -0.1) is 11.3 Å². The number of ether oxygens (including phenoxy) is 2. The summed E-state index contributed by atoms with van der Waals surface area (Å²) in [6, 6.07) is 3.48. The number of nitrogens with zero attached hydrogens (tertiary/aromatic N) is 1. The van der Waals surface area contributed by atoms with Crippen molar-refractivity contribution in [3.63, 3.8) is 0 Å². The molecule has 3 heterocycles. The normalized spacial score (nSPS) is 10.6. The number of thiophene rings is 1. The third-order valence-electron chi connectivity index (χ3n) is 3.25. The van der Waals surface area contributed by atoms with Gasteiger partial charge in [-0.3, -0.25) is 4.79 Å². The Morgan fingerprint density at radius 1 is 1.24 bits per heavy atom. The van der Waals surface area contributed by atoms with Gasteiger partial charge in [-0.05, 0) is 24.4 Å². The minimum absolute atomic E-state index is 0.0656. The maximum Gasteiger partial charge on any atom is 0.341 e. The highest BCUT2D eigenvalue weighted by atomic mass is 32.1. The first-order chi connectivity index (χ1) is 12.2. The SMILES string of the molecule is CCOC(=O)c1ccoc1COC(=O)Cc1csc(-c2ccsc2)n1. The molecule has 0 aliphatic carbocycles. The molecule has 3 aromatic heterocycles. The van der Waals surface area contributed by atoms with Gasteiger partial charge in [0.05, 0.1) is 25.0 Å². The predicted molar refractivity (Wildman–Crippen MR) is 93.6 cm³/mol. The minimum Gasteiger partial charge on any atom is -0.465 e. The number of thiazole rings is 1. The lowest BCUT2D eigenvalue weighted by Crippen LogP contribution is -2.11. The molecule has 0 aromatic carbocycles. The summed E-state index contributed by atoms with van der Waals surface area (Å²) in [6.07, 6.45) is 1.43. The van der Waals surface area contributed by atoms with E-state index in [4.69, 9.17) is 13.9 Å². The van der Waals surface area contributed by atoms with Crippen molar-refractivity contribution in [2.45, 2.75) is 20.0 Å². The Balaban J connectivity index is 1.55. The maximum absolute atomic E-state index is 12.0. The van der Waals surface area contributed by atoms with Crippen molar-refractivity contribution in [1.29, 1.82) is 0 Å². The molecule has 0 fully saturated rings. The second kappa shape index (κ2) is 8.09. The lowest BCUT2D eigenvalue weighted by molar-refractivity contribution is -0.144. The molecular formula is C17H15NO5S2. The van der Waals surface area contributed by atoms with Gasteiger partial charge in [0.25, 0.3) is 0 Å². The van der Waals surface area contributed by atoms with E-state index in [1.54, 1.807) is 18.3 Å². The van der Waals surface area contributed by atoms with Gasteiger partial charge in [0.2, 0.25) is 0 Å². The fourth-order valence-electron chi connectivity index (χ4n) is 2.09. The van der Waals surface area contributed by atoms with E-state index in [2.05, 4.69) is 4.98 Å². The van der Waals surface area contributed by atoms with Crippen LogP contribution in [0.25, 0.3) is 10.6 Å². The summed E-state index contributed by atoms with van der Waals surface area (Å²) in [5.41, 5.74) is 1.97. The third-order valence-corrected chi connectivity index (χ3v) is 4.87. The standard InChI is InChI=1S/C17H15NO5S2/c1-2-21-17(20)13-3-5-22-14(13)8-23-15(19)7-12-10-25-16(18-12)11-4-6-24-9-11/h3-6,9-10H,2,7-8H2,1H3. The maximum atomic E-state index is 12.0. The van der Waals surface area contributed by atoms with Crippen LogP contribution in [-0.4, -0.2) is 23.5 Å². The monoisotopic (exact) mass is 377 g/mol. The van der Waals surface area contributed by atoms with Gasteiger partial charge in [-0.25, -0.2) is 9.78 Å². The zero-order valence-electron chi connectivity index (χ0n) is 13.4. The predicted octanol–water partition coefficient (Wildman–Crippen LogP) is 3.93. The van der Waals surface area contributed by atoms with Crippen LogP contribution >= 0.6 is 22.7 Å². The number of hydrogen-bond donors (Lipinski definition) is 0. The molecule has 0 N–H and O–H groups in total. The summed E-state index contributed by atoms with van der Waals surface area (Å²) < 4.78 is 15.3. The van der Waals surface area contributed by atoms with Gasteiger partial charge < -0.3 is 13.9 Å². The number of furan rings is 1. The molecule has 130 valence electrons. The van der Waals surface area contributed by atoms with Crippen LogP contribution in [-0.2, 0) is 27.3 Å². The van der Waals surface area contributed by atoms with E-state index < -0.39 is 11.9 Å². The van der Waals surface area contributed by atoms with Gasteiger partial charge in [0.1, 0.15) is 17.2 Å². The number of carbonyl (C=O) groups is 2. The Morgan fingerprint density at radius 2 is 2.12 bits per heavy atom. The van der Waals surface area contributed by atoms with Crippen molar-refractivity contribution in [2.24, 2.45) is 0 Å². The highest BCUT2D eigenvalue weighted by molar-refractivity contribution is 7.14. The number of aromatic nitrogens is 1. The number of hydrogen-bond acceptors (Lipinski definition) is 8. The molecule has 8 heteroatoms. The second-order valence-electron chi connectivity index (χ2n) is 4.97. The Bertz CT molecular complexity index is 850. The molecule has 0 saturated carbocycles. The highest BCUT2D eigenvalue weighted by Gasteiger charge is 2.18. The molecule has 3 aromatic rings. The molecule has 0 aliphatic heterocycles. The van der Waals surface area contributed by atoms with Crippen molar-refractivity contribution < 1.29 is 23.5 Å². The summed E-state index contributed by atoms with van der Waals surface area (Å²) >= 11 is 3.08. The molecule has 0 saturated heterocycles. The van der Waals surface area contributed by atoms with Crippen LogP contribution in [0.4, 0.5) is 0 Å². The average Bonchev–Trinajstić information content (AvgIpc) is 3.33. The second-order valence-corrected chi connectivity index (χ2v) is 6.61. The van der Waals surface area contributed by atoms with Gasteiger partial charge in [0.15, 0.2) is 5.76 Å². The molecule has 25 heavy (non-hydrogen) atoms. The van der Waals surface area contributed by atoms with Crippen LogP contribution < -0.4 is 0 Å². The van der Waals surface area contributed by atoms with E-state index in [-0.39, 0.29) is 31.0 Å². The van der Waals surface area contributed by atoms with Gasteiger partial charge >= 0.3 is 11.9 Å². The molecular weight excluding hydrogens is 362 g/mol. The Hall–Kier alpha value is -2.45. The van der Waals surface area contributed by atoms with E-state index >= 15 is 0 Å². The largest absolute Gasteiger partial charge is 0.465 e. The summed E-state index contributed by atoms with van der Waals surface area (Å²) in [5, 5.41) is 6.70. The number of esters is 2. The van der Waals surface area contributed by atoms with E-state index in [1.165, 1.54) is 23.7 Å². The minimum atomic E-state index is -0.498. The molecule has 0 radical (unpaired) electrons. The van der Waals surface area contributed by atoms with Crippen molar-refractivity contribution in [3.8, 4) is 10.6 Å². The van der Waals surface area contributed by atoms with Crippen LogP contribution in [0.1, 0.15) is 28.7 Å². The number of carbonyl (C=O) groups excluding carboxylic acids is 2. The van der Waals surface area contributed by atoms with Crippen LogP contribution in [0.5, 0.6) is 0 Å². The van der Waals surface area contributed by atoms with E-state index in [0.717, 1.165) is 10.6 Å². The third kappa shape index (κ3) is 4.34. The quantitative estimate of drug-likeness (QED) is 0.581. The highest BCUT2D eigenvalue weighted by Crippen LogP contribution is 2.26. The molecule has 0 aliphatic rings. The molecule has 0 bridgehead atoms. The Labute approximate surface area is 152 Å². The van der Waals surface area contributed by atoms with Crippen molar-refractivity contribution >= 4 is 34.6 Å². The first-order valence-electron chi connectivity index (χ1n) is 7.53. The van der Waals surface area contributed by atoms with Crippen LogP contribution in [0, 0.1) is 0 Å². The van der Waals surface area contributed by atoms with Crippen LogP contribution in [0.15, 0.2) is 39.0 Å². The Kier molecular flexibility index (Phi) is 5.62. The van der Waals surface area contributed by atoms with Crippen LogP contribution in [0.2, 0.25) is 0 Å². The molecule has 6 nitrogen and oxygen atoms in total. The topological polar surface area (TPSA) is 78.6 Å². The zero-order valence-corrected chi connectivity index (χ0v) is 15.0.